The summed E-state index contributed by atoms with van der Waals surface area (Å²) < 4.78 is 11.0. The number of carbonyl (C=O) groups is 2. The van der Waals surface area contributed by atoms with Crippen LogP contribution in [0.25, 0.3) is 0 Å². The third-order valence-corrected chi connectivity index (χ3v) is 7.01. The van der Waals surface area contributed by atoms with Crippen LogP contribution in [0.3, 0.4) is 0 Å². The molecule has 0 bridgehead atoms. The number of carboxylic acid groups (broad SMARTS) is 1. The van der Waals surface area contributed by atoms with Gasteiger partial charge in [-0.05, 0) is 48.2 Å². The molecule has 1 aromatic carbocycles. The summed E-state index contributed by atoms with van der Waals surface area (Å²) >= 11 is 0. The van der Waals surface area contributed by atoms with Crippen LogP contribution in [0, 0.1) is 5.92 Å². The molecule has 35 heavy (non-hydrogen) atoms. The van der Waals surface area contributed by atoms with Crippen LogP contribution in [0.2, 0.25) is 0 Å². The number of unbranched alkanes of at least 4 members (excludes halogenated alkanes) is 2. The van der Waals surface area contributed by atoms with E-state index in [1.807, 2.05) is 40.1 Å². The van der Waals surface area contributed by atoms with Gasteiger partial charge in [0.2, 0.25) is 12.7 Å². The van der Waals surface area contributed by atoms with E-state index < -0.39 is 17.9 Å². The van der Waals surface area contributed by atoms with Crippen molar-refractivity contribution in [3.63, 3.8) is 0 Å². The van der Waals surface area contributed by atoms with Crippen molar-refractivity contribution in [3.05, 3.63) is 53.9 Å². The lowest BCUT2D eigenvalue weighted by atomic mass is 9.83. The van der Waals surface area contributed by atoms with Crippen LogP contribution < -0.4 is 9.47 Å². The van der Waals surface area contributed by atoms with Gasteiger partial charge in [0.05, 0.1) is 12.5 Å². The van der Waals surface area contributed by atoms with Gasteiger partial charge in [-0.15, -0.1) is 0 Å². The summed E-state index contributed by atoms with van der Waals surface area (Å²) in [6.07, 6.45) is 7.31. The van der Waals surface area contributed by atoms with Gasteiger partial charge < -0.3 is 19.5 Å². The molecule has 3 atom stereocenters. The molecule has 1 N–H and O–H groups in total. The molecular weight excluding hydrogens is 446 g/mol. The third-order valence-electron chi connectivity index (χ3n) is 7.01. The maximum Gasteiger partial charge on any atom is 0.309 e. The average molecular weight is 482 g/mol. The fraction of sp³-hybridized carbons (Fsp3) is 0.519. The lowest BCUT2D eigenvalue weighted by Gasteiger charge is -2.30. The number of rotatable bonds is 11. The average Bonchev–Trinajstić information content (AvgIpc) is 3.49. The molecule has 188 valence electrons. The van der Waals surface area contributed by atoms with E-state index in [2.05, 4.69) is 18.8 Å². The second-order valence-corrected chi connectivity index (χ2v) is 9.33. The van der Waals surface area contributed by atoms with Crippen molar-refractivity contribution in [1.82, 2.24) is 14.8 Å². The van der Waals surface area contributed by atoms with Crippen molar-refractivity contribution in [3.8, 4) is 11.5 Å². The van der Waals surface area contributed by atoms with E-state index >= 15 is 0 Å². The summed E-state index contributed by atoms with van der Waals surface area (Å²) in [5, 5.41) is 10.4. The van der Waals surface area contributed by atoms with Gasteiger partial charge in [0.15, 0.2) is 11.5 Å². The number of hydrogen-bond donors (Lipinski definition) is 1. The zero-order chi connectivity index (χ0) is 24.8. The van der Waals surface area contributed by atoms with E-state index in [4.69, 9.17) is 9.47 Å². The lowest BCUT2D eigenvalue weighted by Crippen LogP contribution is -2.42. The number of carboxylic acids is 1. The number of benzene rings is 1. The van der Waals surface area contributed by atoms with Crippen LogP contribution in [0.4, 0.5) is 0 Å². The van der Waals surface area contributed by atoms with Crippen molar-refractivity contribution in [2.24, 2.45) is 5.92 Å². The fourth-order valence-electron chi connectivity index (χ4n) is 5.17. The smallest absolute Gasteiger partial charge is 0.309 e. The first kappa shape index (κ1) is 25.0. The molecule has 2 aliphatic rings. The highest BCUT2D eigenvalue weighted by molar-refractivity contribution is 5.79. The van der Waals surface area contributed by atoms with E-state index in [0.717, 1.165) is 49.9 Å². The Kier molecular flexibility index (Phi) is 8.23. The Hall–Kier alpha value is -3.13. The van der Waals surface area contributed by atoms with E-state index in [1.54, 1.807) is 12.4 Å². The van der Waals surface area contributed by atoms with Gasteiger partial charge in [-0.3, -0.25) is 19.5 Å². The Bertz CT molecular complexity index is 1010. The van der Waals surface area contributed by atoms with Gasteiger partial charge in [-0.2, -0.15) is 0 Å². The maximum atomic E-state index is 13.4. The minimum absolute atomic E-state index is 0.0569. The van der Waals surface area contributed by atoms with Crippen LogP contribution in [-0.2, 0) is 9.59 Å². The first-order valence-electron chi connectivity index (χ1n) is 12.6. The quantitative estimate of drug-likeness (QED) is 0.517. The molecule has 4 rings (SSSR count). The Morgan fingerprint density at radius 2 is 1.71 bits per heavy atom. The number of aromatic nitrogens is 1. The van der Waals surface area contributed by atoms with Crippen LogP contribution in [0.1, 0.15) is 62.6 Å². The van der Waals surface area contributed by atoms with Crippen LogP contribution in [0.15, 0.2) is 42.7 Å². The molecule has 8 nitrogen and oxygen atoms in total. The number of carbonyl (C=O) groups excluding carboxylic acids is 1. The van der Waals surface area contributed by atoms with Crippen molar-refractivity contribution >= 4 is 11.9 Å². The summed E-state index contributed by atoms with van der Waals surface area (Å²) in [6, 6.07) is 8.90. The lowest BCUT2D eigenvalue weighted by molar-refractivity contribution is -0.144. The second-order valence-electron chi connectivity index (χ2n) is 9.33. The number of hydrogen-bond acceptors (Lipinski definition) is 6. The van der Waals surface area contributed by atoms with Crippen LogP contribution in [-0.4, -0.2) is 64.7 Å². The number of aliphatic carboxylic acids is 1. The van der Waals surface area contributed by atoms with Crippen molar-refractivity contribution in [1.29, 1.82) is 0 Å². The zero-order valence-corrected chi connectivity index (χ0v) is 20.6. The van der Waals surface area contributed by atoms with Crippen LogP contribution >= 0.6 is 0 Å². The highest BCUT2D eigenvalue weighted by Crippen LogP contribution is 2.47. The minimum atomic E-state index is -0.877. The highest BCUT2D eigenvalue weighted by atomic mass is 16.7. The summed E-state index contributed by atoms with van der Waals surface area (Å²) in [5.74, 6) is -0.538. The summed E-state index contributed by atoms with van der Waals surface area (Å²) in [5.41, 5.74) is 1.74. The minimum Gasteiger partial charge on any atom is -0.481 e. The number of likely N-dealkylation sites (tertiary alicyclic amines) is 1. The topological polar surface area (TPSA) is 92.2 Å². The fourth-order valence-corrected chi connectivity index (χ4v) is 5.17. The molecule has 2 aromatic rings. The summed E-state index contributed by atoms with van der Waals surface area (Å²) in [4.78, 5) is 34.2. The molecular formula is C27H35N3O5. The van der Waals surface area contributed by atoms with Gasteiger partial charge in [0.25, 0.3) is 0 Å². The largest absolute Gasteiger partial charge is 0.481 e. The van der Waals surface area contributed by atoms with E-state index in [9.17, 15) is 14.7 Å². The second kappa shape index (κ2) is 11.5. The SMILES string of the molecule is CCCCN(CCCC)C(=O)CN1CC(c2ccc3c(c2)OCO3)C(C(=O)O)C1c1ccncc1. The Labute approximate surface area is 206 Å². The van der Waals surface area contributed by atoms with Crippen LogP contribution in [0.5, 0.6) is 11.5 Å². The number of nitrogens with zero attached hydrogens (tertiary/aromatic N) is 3. The highest BCUT2D eigenvalue weighted by Gasteiger charge is 2.48. The molecule has 2 aliphatic heterocycles. The number of amides is 1. The monoisotopic (exact) mass is 481 g/mol. The summed E-state index contributed by atoms with van der Waals surface area (Å²) in [7, 11) is 0. The number of fused-ring (bicyclic) bond motifs is 1. The van der Waals surface area contributed by atoms with E-state index in [-0.39, 0.29) is 25.2 Å². The predicted molar refractivity (Wildman–Crippen MR) is 131 cm³/mol. The van der Waals surface area contributed by atoms with Gasteiger partial charge in [-0.1, -0.05) is 32.8 Å². The van der Waals surface area contributed by atoms with Gasteiger partial charge >= 0.3 is 5.97 Å². The van der Waals surface area contributed by atoms with Gasteiger partial charge in [-0.25, -0.2) is 0 Å². The molecule has 0 radical (unpaired) electrons. The normalized spacial score (nSPS) is 21.3. The van der Waals surface area contributed by atoms with E-state index in [0.29, 0.717) is 18.0 Å². The molecule has 1 amide bonds. The molecule has 1 fully saturated rings. The van der Waals surface area contributed by atoms with Crippen molar-refractivity contribution in [2.75, 3.05) is 33.0 Å². The molecule has 0 aliphatic carbocycles. The molecule has 1 saturated heterocycles. The van der Waals surface area contributed by atoms with Gasteiger partial charge in [0, 0.05) is 44.0 Å². The number of ether oxygens (including phenoxy) is 2. The Morgan fingerprint density at radius 1 is 1.03 bits per heavy atom. The molecule has 0 spiro atoms. The predicted octanol–water partition coefficient (Wildman–Crippen LogP) is 4.08. The van der Waals surface area contributed by atoms with E-state index in [1.165, 1.54) is 0 Å². The molecule has 0 saturated carbocycles. The van der Waals surface area contributed by atoms with Crippen molar-refractivity contribution < 1.29 is 24.2 Å². The van der Waals surface area contributed by atoms with Gasteiger partial charge in [0.1, 0.15) is 0 Å². The molecule has 8 heteroatoms. The number of pyridine rings is 1. The summed E-state index contributed by atoms with van der Waals surface area (Å²) in [6.45, 7) is 6.52. The molecule has 3 heterocycles. The first-order chi connectivity index (χ1) is 17.0. The third kappa shape index (κ3) is 5.59. The molecule has 3 unspecified atom stereocenters. The zero-order valence-electron chi connectivity index (χ0n) is 20.6. The Balaban J connectivity index is 1.65. The maximum absolute atomic E-state index is 13.4. The Morgan fingerprint density at radius 3 is 2.37 bits per heavy atom. The standard InChI is InChI=1S/C27H35N3O5/c1-3-5-13-29(14-6-4-2)24(31)17-30-16-21(20-7-8-22-23(15-20)35-18-34-22)25(27(32)33)26(30)19-9-11-28-12-10-19/h7-12,15,21,25-26H,3-6,13-14,16-18H2,1-2H3,(H,32,33). The first-order valence-corrected chi connectivity index (χ1v) is 12.6. The molecule has 1 aromatic heterocycles. The van der Waals surface area contributed by atoms with Crippen molar-refractivity contribution in [2.45, 2.75) is 51.5 Å².